The number of nitrogens with one attached hydrogen (secondary N) is 1. The van der Waals surface area contributed by atoms with Crippen molar-refractivity contribution in [3.8, 4) is 11.8 Å². The number of oxazole rings is 1. The van der Waals surface area contributed by atoms with E-state index in [0.29, 0.717) is 29.1 Å². The van der Waals surface area contributed by atoms with Crippen molar-refractivity contribution in [2.75, 3.05) is 25.0 Å². The molecule has 1 fully saturated rings. The van der Waals surface area contributed by atoms with Crippen LogP contribution in [0.1, 0.15) is 62.4 Å². The molecule has 3 aromatic rings. The molecule has 34 heavy (non-hydrogen) atoms. The highest BCUT2D eigenvalue weighted by molar-refractivity contribution is 6.30. The van der Waals surface area contributed by atoms with E-state index in [1.807, 2.05) is 0 Å². The standard InChI is InChI=1S/C27H31ClN4O2/c1-27(2,3)20-8-6-19(7-9-20)24(32-14-4-5-15-32)17-30-26-23(16-29)31-25(34-26)18-33-22-12-10-21(28)11-13-22/h6-13,24,30H,4-5,14-15,17-18H2,1-3H3. The van der Waals surface area contributed by atoms with E-state index in [4.69, 9.17) is 20.8 Å². The Bertz CT molecular complexity index is 1120. The maximum atomic E-state index is 9.57. The highest BCUT2D eigenvalue weighted by Gasteiger charge is 2.25. The number of rotatable bonds is 8. The molecule has 178 valence electrons. The van der Waals surface area contributed by atoms with Crippen molar-refractivity contribution >= 4 is 17.5 Å². The van der Waals surface area contributed by atoms with Gasteiger partial charge in [0.05, 0.1) is 6.04 Å². The average Bonchev–Trinajstić information content (AvgIpc) is 3.49. The molecule has 0 spiro atoms. The second-order valence-electron chi connectivity index (χ2n) is 9.65. The van der Waals surface area contributed by atoms with E-state index in [9.17, 15) is 5.26 Å². The summed E-state index contributed by atoms with van der Waals surface area (Å²) in [7, 11) is 0. The summed E-state index contributed by atoms with van der Waals surface area (Å²) in [6.45, 7) is 9.55. The molecule has 0 saturated carbocycles. The van der Waals surface area contributed by atoms with E-state index < -0.39 is 0 Å². The molecule has 7 heteroatoms. The van der Waals surface area contributed by atoms with Gasteiger partial charge in [-0.1, -0.05) is 56.6 Å². The van der Waals surface area contributed by atoms with Gasteiger partial charge < -0.3 is 14.5 Å². The Morgan fingerprint density at radius 1 is 1.12 bits per heavy atom. The monoisotopic (exact) mass is 478 g/mol. The third-order valence-electron chi connectivity index (χ3n) is 6.15. The van der Waals surface area contributed by atoms with Gasteiger partial charge in [0.15, 0.2) is 6.61 Å². The lowest BCUT2D eigenvalue weighted by molar-refractivity contribution is 0.252. The fourth-order valence-corrected chi connectivity index (χ4v) is 4.33. The first kappa shape index (κ1) is 24.1. The zero-order valence-corrected chi connectivity index (χ0v) is 20.7. The summed E-state index contributed by atoms with van der Waals surface area (Å²) in [5.74, 6) is 1.39. The SMILES string of the molecule is CC(C)(C)c1ccc(C(CNc2oc(COc3ccc(Cl)cc3)nc2C#N)N2CCCC2)cc1. The largest absolute Gasteiger partial charge is 0.484 e. The van der Waals surface area contributed by atoms with E-state index in [1.54, 1.807) is 24.3 Å². The van der Waals surface area contributed by atoms with Crippen molar-refractivity contribution < 1.29 is 9.15 Å². The first-order valence-electron chi connectivity index (χ1n) is 11.7. The van der Waals surface area contributed by atoms with Crippen molar-refractivity contribution in [2.45, 2.75) is 51.7 Å². The maximum absolute atomic E-state index is 9.57. The lowest BCUT2D eigenvalue weighted by Crippen LogP contribution is -2.31. The smallest absolute Gasteiger partial charge is 0.236 e. The van der Waals surface area contributed by atoms with Crippen LogP contribution in [0, 0.1) is 11.3 Å². The second-order valence-corrected chi connectivity index (χ2v) is 10.1. The van der Waals surface area contributed by atoms with Gasteiger partial charge in [0.2, 0.25) is 17.5 Å². The molecule has 2 heterocycles. The number of hydrogen-bond donors (Lipinski definition) is 1. The first-order valence-corrected chi connectivity index (χ1v) is 12.1. The summed E-state index contributed by atoms with van der Waals surface area (Å²) in [6, 6.07) is 18.3. The lowest BCUT2D eigenvalue weighted by atomic mass is 9.86. The zero-order chi connectivity index (χ0) is 24.1. The molecular formula is C27H31ClN4O2. The fourth-order valence-electron chi connectivity index (χ4n) is 4.20. The number of ether oxygens (including phenoxy) is 1. The first-order chi connectivity index (χ1) is 16.3. The van der Waals surface area contributed by atoms with E-state index in [-0.39, 0.29) is 23.8 Å². The van der Waals surface area contributed by atoms with Gasteiger partial charge >= 0.3 is 0 Å². The number of anilines is 1. The predicted molar refractivity (Wildman–Crippen MR) is 134 cm³/mol. The molecule has 1 unspecified atom stereocenters. The van der Waals surface area contributed by atoms with E-state index in [0.717, 1.165) is 13.1 Å². The molecule has 1 atom stereocenters. The summed E-state index contributed by atoms with van der Waals surface area (Å²) in [6.07, 6.45) is 2.41. The molecule has 2 aromatic carbocycles. The molecular weight excluding hydrogens is 448 g/mol. The zero-order valence-electron chi connectivity index (χ0n) is 20.0. The van der Waals surface area contributed by atoms with Crippen LogP contribution in [0.25, 0.3) is 0 Å². The third-order valence-corrected chi connectivity index (χ3v) is 6.40. The fraction of sp³-hybridized carbons (Fsp3) is 0.407. The van der Waals surface area contributed by atoms with Gasteiger partial charge in [0.25, 0.3) is 0 Å². The Morgan fingerprint density at radius 3 is 2.41 bits per heavy atom. The molecule has 0 radical (unpaired) electrons. The molecule has 1 aliphatic heterocycles. The minimum absolute atomic E-state index is 0.117. The molecule has 4 rings (SSSR count). The molecule has 0 amide bonds. The highest BCUT2D eigenvalue weighted by Crippen LogP contribution is 2.29. The van der Waals surface area contributed by atoms with Crippen LogP contribution < -0.4 is 10.1 Å². The Balaban J connectivity index is 1.46. The lowest BCUT2D eigenvalue weighted by Gasteiger charge is -2.29. The summed E-state index contributed by atoms with van der Waals surface area (Å²) in [5, 5.41) is 13.6. The number of halogens is 1. The number of benzene rings is 2. The second kappa shape index (κ2) is 10.5. The van der Waals surface area contributed by atoms with Crippen LogP contribution in [-0.4, -0.2) is 29.5 Å². The van der Waals surface area contributed by atoms with E-state index in [2.05, 4.69) is 66.3 Å². The van der Waals surface area contributed by atoms with E-state index >= 15 is 0 Å². The van der Waals surface area contributed by atoms with Crippen molar-refractivity contribution in [3.63, 3.8) is 0 Å². The molecule has 1 aromatic heterocycles. The highest BCUT2D eigenvalue weighted by atomic mass is 35.5. The Morgan fingerprint density at radius 2 is 1.79 bits per heavy atom. The predicted octanol–water partition coefficient (Wildman–Crippen LogP) is 6.33. The summed E-state index contributed by atoms with van der Waals surface area (Å²) >= 11 is 5.92. The normalized spacial score (nSPS) is 15.1. The van der Waals surface area contributed by atoms with Crippen molar-refractivity contribution in [1.82, 2.24) is 9.88 Å². The summed E-state index contributed by atoms with van der Waals surface area (Å²) < 4.78 is 11.6. The summed E-state index contributed by atoms with van der Waals surface area (Å²) in [4.78, 5) is 6.79. The van der Waals surface area contributed by atoms with Crippen LogP contribution in [0.5, 0.6) is 5.75 Å². The minimum atomic E-state index is 0.117. The van der Waals surface area contributed by atoms with Crippen molar-refractivity contribution in [2.24, 2.45) is 0 Å². The Hall–Kier alpha value is -3.01. The van der Waals surface area contributed by atoms with Crippen LogP contribution >= 0.6 is 11.6 Å². The minimum Gasteiger partial charge on any atom is -0.484 e. The third kappa shape index (κ3) is 5.91. The Labute approximate surface area is 206 Å². The average molecular weight is 479 g/mol. The van der Waals surface area contributed by atoms with Crippen LogP contribution in [0.2, 0.25) is 5.02 Å². The molecule has 0 aliphatic carbocycles. The van der Waals surface area contributed by atoms with Gasteiger partial charge in [-0.05, 0) is 66.7 Å². The molecule has 0 bridgehead atoms. The molecule has 1 saturated heterocycles. The molecule has 1 aliphatic rings. The molecule has 6 nitrogen and oxygen atoms in total. The summed E-state index contributed by atoms with van der Waals surface area (Å²) in [5.41, 5.74) is 2.92. The van der Waals surface area contributed by atoms with Crippen molar-refractivity contribution in [1.29, 1.82) is 5.26 Å². The van der Waals surface area contributed by atoms with Gasteiger partial charge in [-0.15, -0.1) is 0 Å². The quantitative estimate of drug-likeness (QED) is 0.408. The topological polar surface area (TPSA) is 74.3 Å². The maximum Gasteiger partial charge on any atom is 0.236 e. The van der Waals surface area contributed by atoms with Crippen LogP contribution in [-0.2, 0) is 12.0 Å². The number of nitrogens with zero attached hydrogens (tertiary/aromatic N) is 3. The Kier molecular flexibility index (Phi) is 7.45. The van der Waals surface area contributed by atoms with E-state index in [1.165, 1.54) is 24.0 Å². The van der Waals surface area contributed by atoms with Crippen LogP contribution in [0.15, 0.2) is 52.9 Å². The van der Waals surface area contributed by atoms with Gasteiger partial charge in [0.1, 0.15) is 11.8 Å². The van der Waals surface area contributed by atoms with Gasteiger partial charge in [-0.25, -0.2) is 0 Å². The number of hydrogen-bond acceptors (Lipinski definition) is 6. The van der Waals surface area contributed by atoms with Crippen LogP contribution in [0.3, 0.4) is 0 Å². The van der Waals surface area contributed by atoms with Gasteiger partial charge in [-0.3, -0.25) is 4.90 Å². The number of aromatic nitrogens is 1. The van der Waals surface area contributed by atoms with Crippen molar-refractivity contribution in [3.05, 3.63) is 76.3 Å². The number of likely N-dealkylation sites (tertiary alicyclic amines) is 1. The number of nitriles is 1. The molecule has 1 N–H and O–H groups in total. The van der Waals surface area contributed by atoms with Gasteiger partial charge in [0, 0.05) is 11.6 Å². The van der Waals surface area contributed by atoms with Gasteiger partial charge in [-0.2, -0.15) is 10.2 Å². The van der Waals surface area contributed by atoms with Crippen LogP contribution in [0.4, 0.5) is 5.88 Å².